The molecule has 1 rings (SSSR count). The van der Waals surface area contributed by atoms with E-state index in [1.807, 2.05) is 17.8 Å². The third-order valence-corrected chi connectivity index (χ3v) is 3.33. The molecule has 0 aliphatic rings. The molecular weight excluding hydrogens is 220 g/mol. The van der Waals surface area contributed by atoms with Crippen LogP contribution in [-0.2, 0) is 0 Å². The van der Waals surface area contributed by atoms with Crippen molar-refractivity contribution in [2.75, 3.05) is 23.9 Å². The summed E-state index contributed by atoms with van der Waals surface area (Å²) in [4.78, 5) is 4.11. The van der Waals surface area contributed by atoms with Crippen molar-refractivity contribution in [3.8, 4) is 6.07 Å². The molecule has 86 valence electrons. The van der Waals surface area contributed by atoms with E-state index < -0.39 is 0 Å². The molecular formula is C11H16N4S. The largest absolute Gasteiger partial charge is 0.396 e. The second kappa shape index (κ2) is 6.23. The Morgan fingerprint density at radius 3 is 3.00 bits per heavy atom. The first kappa shape index (κ1) is 12.7. The Bertz CT molecular complexity index is 386. The summed E-state index contributed by atoms with van der Waals surface area (Å²) in [5.74, 6) is 0.660. The van der Waals surface area contributed by atoms with Crippen molar-refractivity contribution in [1.82, 2.24) is 4.98 Å². The number of anilines is 2. The molecule has 1 atom stereocenters. The van der Waals surface area contributed by atoms with Crippen molar-refractivity contribution < 1.29 is 0 Å². The molecule has 1 heterocycles. The quantitative estimate of drug-likeness (QED) is 0.818. The first-order valence-electron chi connectivity index (χ1n) is 5.09. The second-order valence-corrected chi connectivity index (χ2v) is 4.81. The monoisotopic (exact) mass is 236 g/mol. The normalized spacial score (nSPS) is 11.8. The maximum Gasteiger partial charge on any atom is 0.149 e. The molecule has 5 heteroatoms. The van der Waals surface area contributed by atoms with Gasteiger partial charge in [0.05, 0.1) is 11.3 Å². The number of hydrogen-bond acceptors (Lipinski definition) is 5. The van der Waals surface area contributed by atoms with Gasteiger partial charge in [0.25, 0.3) is 0 Å². The lowest BCUT2D eigenvalue weighted by Gasteiger charge is -2.11. The molecule has 0 spiro atoms. The fraction of sp³-hybridized carbons (Fsp3) is 0.455. The van der Waals surface area contributed by atoms with Crippen LogP contribution in [0.2, 0.25) is 0 Å². The average molecular weight is 236 g/mol. The SMILES string of the molecule is CSC(C)CCNc1ncc(C#N)cc1N. The molecule has 0 aromatic carbocycles. The number of aromatic nitrogens is 1. The Kier molecular flexibility index (Phi) is 4.93. The summed E-state index contributed by atoms with van der Waals surface area (Å²) in [6.45, 7) is 3.02. The molecule has 16 heavy (non-hydrogen) atoms. The molecule has 3 N–H and O–H groups in total. The Balaban J connectivity index is 2.52. The standard InChI is InChI=1S/C11H16N4S/c1-8(16-2)3-4-14-11-10(13)5-9(6-12)7-15-11/h5,7-8H,3-4,13H2,1-2H3,(H,14,15). The van der Waals surface area contributed by atoms with Crippen LogP contribution in [-0.4, -0.2) is 23.0 Å². The predicted octanol–water partition coefficient (Wildman–Crippen LogP) is 2.09. The highest BCUT2D eigenvalue weighted by molar-refractivity contribution is 7.99. The van der Waals surface area contributed by atoms with Crippen molar-refractivity contribution in [2.24, 2.45) is 0 Å². The minimum Gasteiger partial charge on any atom is -0.396 e. The van der Waals surface area contributed by atoms with E-state index in [1.54, 1.807) is 6.07 Å². The minimum absolute atomic E-state index is 0.487. The van der Waals surface area contributed by atoms with E-state index in [-0.39, 0.29) is 0 Å². The highest BCUT2D eigenvalue weighted by Crippen LogP contribution is 2.16. The van der Waals surface area contributed by atoms with Gasteiger partial charge in [0.1, 0.15) is 11.9 Å². The van der Waals surface area contributed by atoms with E-state index in [1.165, 1.54) is 6.20 Å². The number of nitrogen functional groups attached to an aromatic ring is 1. The zero-order chi connectivity index (χ0) is 12.0. The smallest absolute Gasteiger partial charge is 0.149 e. The van der Waals surface area contributed by atoms with Gasteiger partial charge < -0.3 is 11.1 Å². The molecule has 0 aliphatic carbocycles. The molecule has 0 saturated carbocycles. The van der Waals surface area contributed by atoms with Crippen LogP contribution in [0.3, 0.4) is 0 Å². The maximum atomic E-state index is 8.66. The molecule has 0 amide bonds. The van der Waals surface area contributed by atoms with Crippen molar-refractivity contribution in [2.45, 2.75) is 18.6 Å². The van der Waals surface area contributed by atoms with E-state index in [2.05, 4.69) is 23.5 Å². The zero-order valence-corrected chi connectivity index (χ0v) is 10.3. The van der Waals surface area contributed by atoms with Gasteiger partial charge >= 0.3 is 0 Å². The van der Waals surface area contributed by atoms with Crippen LogP contribution in [0.15, 0.2) is 12.3 Å². The van der Waals surface area contributed by atoms with E-state index >= 15 is 0 Å². The van der Waals surface area contributed by atoms with Gasteiger partial charge in [-0.1, -0.05) is 6.92 Å². The van der Waals surface area contributed by atoms with Gasteiger partial charge in [-0.05, 0) is 18.7 Å². The molecule has 0 saturated heterocycles. The van der Waals surface area contributed by atoms with Crippen LogP contribution in [0, 0.1) is 11.3 Å². The molecule has 0 bridgehead atoms. The molecule has 0 fully saturated rings. The van der Waals surface area contributed by atoms with Gasteiger partial charge in [0.15, 0.2) is 0 Å². The molecule has 0 radical (unpaired) electrons. The van der Waals surface area contributed by atoms with Crippen LogP contribution in [0.4, 0.5) is 11.5 Å². The van der Waals surface area contributed by atoms with Crippen LogP contribution < -0.4 is 11.1 Å². The summed E-state index contributed by atoms with van der Waals surface area (Å²) < 4.78 is 0. The summed E-state index contributed by atoms with van der Waals surface area (Å²) in [6, 6.07) is 3.64. The lowest BCUT2D eigenvalue weighted by molar-refractivity contribution is 0.850. The Hall–Kier alpha value is -1.41. The Morgan fingerprint density at radius 2 is 2.44 bits per heavy atom. The summed E-state index contributed by atoms with van der Waals surface area (Å²) >= 11 is 1.84. The molecule has 4 nitrogen and oxygen atoms in total. The number of thioether (sulfide) groups is 1. The van der Waals surface area contributed by atoms with E-state index in [0.717, 1.165) is 13.0 Å². The number of pyridine rings is 1. The van der Waals surface area contributed by atoms with Crippen LogP contribution in [0.1, 0.15) is 18.9 Å². The molecule has 1 aromatic heterocycles. The van der Waals surface area contributed by atoms with Gasteiger partial charge in [0, 0.05) is 18.0 Å². The van der Waals surface area contributed by atoms with Gasteiger partial charge in [-0.3, -0.25) is 0 Å². The molecule has 1 unspecified atom stereocenters. The van der Waals surface area contributed by atoms with E-state index in [9.17, 15) is 0 Å². The number of nitriles is 1. The fourth-order valence-corrected chi connectivity index (χ4v) is 1.56. The number of hydrogen-bond donors (Lipinski definition) is 2. The number of nitrogens with two attached hydrogens (primary N) is 1. The second-order valence-electron chi connectivity index (χ2n) is 3.54. The number of nitrogens with zero attached hydrogens (tertiary/aromatic N) is 2. The number of nitrogens with one attached hydrogen (secondary N) is 1. The minimum atomic E-state index is 0.487. The third-order valence-electron chi connectivity index (χ3n) is 2.29. The van der Waals surface area contributed by atoms with E-state index in [0.29, 0.717) is 22.3 Å². The van der Waals surface area contributed by atoms with Gasteiger partial charge in [-0.2, -0.15) is 17.0 Å². The highest BCUT2D eigenvalue weighted by Gasteiger charge is 2.03. The predicted molar refractivity (Wildman–Crippen MR) is 69.4 cm³/mol. The molecule has 1 aromatic rings. The Morgan fingerprint density at radius 1 is 1.69 bits per heavy atom. The highest BCUT2D eigenvalue weighted by atomic mass is 32.2. The summed E-state index contributed by atoms with van der Waals surface area (Å²) in [5.41, 5.74) is 6.78. The maximum absolute atomic E-state index is 8.66. The molecule has 0 aliphatic heterocycles. The average Bonchev–Trinajstić information content (AvgIpc) is 2.30. The van der Waals surface area contributed by atoms with Crippen LogP contribution in [0.5, 0.6) is 0 Å². The summed E-state index contributed by atoms with van der Waals surface area (Å²) in [7, 11) is 0. The number of rotatable bonds is 5. The first-order chi connectivity index (χ1) is 7.67. The lowest BCUT2D eigenvalue weighted by atomic mass is 10.2. The van der Waals surface area contributed by atoms with Gasteiger partial charge in [-0.25, -0.2) is 4.98 Å². The fourth-order valence-electron chi connectivity index (χ4n) is 1.20. The Labute approximate surface area is 100 Å². The third kappa shape index (κ3) is 3.63. The van der Waals surface area contributed by atoms with Crippen molar-refractivity contribution in [3.05, 3.63) is 17.8 Å². The van der Waals surface area contributed by atoms with Gasteiger partial charge in [-0.15, -0.1) is 0 Å². The zero-order valence-electron chi connectivity index (χ0n) is 9.53. The van der Waals surface area contributed by atoms with Crippen molar-refractivity contribution in [3.63, 3.8) is 0 Å². The lowest BCUT2D eigenvalue weighted by Crippen LogP contribution is -2.10. The topological polar surface area (TPSA) is 74.7 Å². The summed E-state index contributed by atoms with van der Waals surface area (Å²) in [6.07, 6.45) is 4.68. The van der Waals surface area contributed by atoms with Crippen LogP contribution >= 0.6 is 11.8 Å². The van der Waals surface area contributed by atoms with Crippen molar-refractivity contribution in [1.29, 1.82) is 5.26 Å². The van der Waals surface area contributed by atoms with E-state index in [4.69, 9.17) is 11.0 Å². The summed E-state index contributed by atoms with van der Waals surface area (Å²) in [5, 5.41) is 12.5. The van der Waals surface area contributed by atoms with Crippen LogP contribution in [0.25, 0.3) is 0 Å². The van der Waals surface area contributed by atoms with Crippen molar-refractivity contribution >= 4 is 23.3 Å². The van der Waals surface area contributed by atoms with Gasteiger partial charge in [0.2, 0.25) is 0 Å². The first-order valence-corrected chi connectivity index (χ1v) is 6.38.